The molecule has 0 radical (unpaired) electrons. The van der Waals surface area contributed by atoms with Crippen molar-refractivity contribution in [3.8, 4) is 0 Å². The van der Waals surface area contributed by atoms with Gasteiger partial charge in [0.2, 0.25) is 0 Å². The maximum absolute atomic E-state index is 13.3. The van der Waals surface area contributed by atoms with E-state index in [9.17, 15) is 13.2 Å². The summed E-state index contributed by atoms with van der Waals surface area (Å²) >= 11 is 0. The average molecular weight is 346 g/mol. The van der Waals surface area contributed by atoms with Gasteiger partial charge in [0.1, 0.15) is 6.04 Å². The highest BCUT2D eigenvalue weighted by Gasteiger charge is 2.44. The average Bonchev–Trinajstić information content (AvgIpc) is 2.94. The number of pyridine rings is 1. The lowest BCUT2D eigenvalue weighted by atomic mass is 10.1. The molecule has 2 aliphatic heterocycles. The summed E-state index contributed by atoms with van der Waals surface area (Å²) in [5.74, 6) is -0.677. The van der Waals surface area contributed by atoms with Crippen molar-refractivity contribution < 1.29 is 27.4 Å². The standard InChI is InChI=1S/C16H21F3N2O3/c17-16(18,19)14(9-12-1-5-20-6-2-12)21-10-13-11-23-15(24-13)3-7-22-8-4-15/h1-2,5-6,13-14,21H,3-4,7-11H2/t13-,14-/m0/s1. The Morgan fingerprint density at radius 3 is 2.62 bits per heavy atom. The zero-order valence-corrected chi connectivity index (χ0v) is 13.2. The second-order valence-electron chi connectivity index (χ2n) is 6.14. The summed E-state index contributed by atoms with van der Waals surface area (Å²) in [6.07, 6.45) is -0.647. The van der Waals surface area contributed by atoms with E-state index >= 15 is 0 Å². The van der Waals surface area contributed by atoms with Crippen LogP contribution in [0.25, 0.3) is 0 Å². The zero-order valence-electron chi connectivity index (χ0n) is 13.2. The number of ether oxygens (including phenoxy) is 3. The van der Waals surface area contributed by atoms with Gasteiger partial charge in [-0.2, -0.15) is 13.2 Å². The fourth-order valence-corrected chi connectivity index (χ4v) is 2.99. The molecule has 0 saturated carbocycles. The van der Waals surface area contributed by atoms with Gasteiger partial charge in [0, 0.05) is 31.8 Å². The lowest BCUT2D eigenvalue weighted by Gasteiger charge is -2.32. The van der Waals surface area contributed by atoms with Gasteiger partial charge in [-0.3, -0.25) is 4.98 Å². The van der Waals surface area contributed by atoms with Crippen LogP contribution in [0, 0.1) is 0 Å². The van der Waals surface area contributed by atoms with Crippen molar-refractivity contribution >= 4 is 0 Å². The summed E-state index contributed by atoms with van der Waals surface area (Å²) in [6.45, 7) is 1.49. The Kier molecular flexibility index (Phi) is 5.39. The molecule has 0 amide bonds. The Morgan fingerprint density at radius 1 is 1.25 bits per heavy atom. The Hall–Kier alpha value is -1.22. The SMILES string of the molecule is FC(F)(F)[C@H](Cc1ccncc1)NC[C@H]1COC2(CCOCC2)O1. The molecule has 134 valence electrons. The highest BCUT2D eigenvalue weighted by molar-refractivity contribution is 5.12. The van der Waals surface area contributed by atoms with Gasteiger partial charge in [-0.05, 0) is 24.1 Å². The fraction of sp³-hybridized carbons (Fsp3) is 0.688. The largest absolute Gasteiger partial charge is 0.404 e. The van der Waals surface area contributed by atoms with Crippen LogP contribution in [-0.4, -0.2) is 55.5 Å². The van der Waals surface area contributed by atoms with Crippen LogP contribution in [0.15, 0.2) is 24.5 Å². The summed E-state index contributed by atoms with van der Waals surface area (Å²) in [4.78, 5) is 3.82. The van der Waals surface area contributed by atoms with E-state index in [-0.39, 0.29) is 19.1 Å². The van der Waals surface area contributed by atoms with E-state index in [0.29, 0.717) is 38.2 Å². The number of rotatable bonds is 5. The number of aromatic nitrogens is 1. The first-order chi connectivity index (χ1) is 11.5. The summed E-state index contributed by atoms with van der Waals surface area (Å²) in [5.41, 5.74) is 0.587. The van der Waals surface area contributed by atoms with Crippen molar-refractivity contribution in [2.24, 2.45) is 0 Å². The Balaban J connectivity index is 1.54. The normalized spacial score (nSPS) is 25.0. The fourth-order valence-electron chi connectivity index (χ4n) is 2.99. The van der Waals surface area contributed by atoms with Crippen molar-refractivity contribution in [1.82, 2.24) is 10.3 Å². The minimum Gasteiger partial charge on any atom is -0.381 e. The summed E-state index contributed by atoms with van der Waals surface area (Å²) in [6, 6.07) is 1.55. The molecule has 1 aromatic heterocycles. The molecule has 3 rings (SSSR count). The second kappa shape index (κ2) is 7.35. The molecule has 1 N–H and O–H groups in total. The molecule has 2 saturated heterocycles. The lowest BCUT2D eigenvalue weighted by Crippen LogP contribution is -2.47. The van der Waals surface area contributed by atoms with Crippen LogP contribution in [0.2, 0.25) is 0 Å². The molecule has 24 heavy (non-hydrogen) atoms. The van der Waals surface area contributed by atoms with Gasteiger partial charge >= 0.3 is 6.18 Å². The van der Waals surface area contributed by atoms with Gasteiger partial charge in [-0.15, -0.1) is 0 Å². The molecular formula is C16H21F3N2O3. The van der Waals surface area contributed by atoms with Crippen LogP contribution >= 0.6 is 0 Å². The monoisotopic (exact) mass is 346 g/mol. The number of halogens is 3. The molecule has 0 aliphatic carbocycles. The molecule has 2 aliphatic rings. The number of nitrogens with one attached hydrogen (secondary N) is 1. The van der Waals surface area contributed by atoms with Gasteiger partial charge in [0.25, 0.3) is 0 Å². The number of nitrogens with zero attached hydrogens (tertiary/aromatic N) is 1. The van der Waals surface area contributed by atoms with E-state index in [2.05, 4.69) is 10.3 Å². The first-order valence-electron chi connectivity index (χ1n) is 8.05. The first kappa shape index (κ1) is 17.6. The van der Waals surface area contributed by atoms with E-state index in [0.717, 1.165) is 0 Å². The van der Waals surface area contributed by atoms with Crippen LogP contribution in [-0.2, 0) is 20.6 Å². The highest BCUT2D eigenvalue weighted by atomic mass is 19.4. The van der Waals surface area contributed by atoms with Gasteiger partial charge in [0.05, 0.1) is 25.9 Å². The third-order valence-corrected chi connectivity index (χ3v) is 4.34. The molecular weight excluding hydrogens is 325 g/mol. The second-order valence-corrected chi connectivity index (χ2v) is 6.14. The van der Waals surface area contributed by atoms with E-state index in [4.69, 9.17) is 14.2 Å². The summed E-state index contributed by atoms with van der Waals surface area (Å²) in [7, 11) is 0. The minimum atomic E-state index is -4.33. The van der Waals surface area contributed by atoms with E-state index in [1.165, 1.54) is 12.4 Å². The van der Waals surface area contributed by atoms with Crippen molar-refractivity contribution in [2.75, 3.05) is 26.4 Å². The molecule has 0 bridgehead atoms. The van der Waals surface area contributed by atoms with E-state index in [1.54, 1.807) is 12.1 Å². The molecule has 3 heterocycles. The molecule has 1 aromatic rings. The zero-order chi connectivity index (χ0) is 17.0. The summed E-state index contributed by atoms with van der Waals surface area (Å²) < 4.78 is 56.6. The van der Waals surface area contributed by atoms with E-state index in [1.807, 2.05) is 0 Å². The van der Waals surface area contributed by atoms with Crippen molar-refractivity contribution in [1.29, 1.82) is 0 Å². The van der Waals surface area contributed by atoms with Gasteiger partial charge in [-0.1, -0.05) is 0 Å². The molecule has 0 aromatic carbocycles. The van der Waals surface area contributed by atoms with Crippen LogP contribution in [0.5, 0.6) is 0 Å². The third-order valence-electron chi connectivity index (χ3n) is 4.34. The Morgan fingerprint density at radius 2 is 1.96 bits per heavy atom. The molecule has 8 heteroatoms. The Bertz CT molecular complexity index is 521. The van der Waals surface area contributed by atoms with Crippen LogP contribution in [0.4, 0.5) is 13.2 Å². The molecule has 2 fully saturated rings. The van der Waals surface area contributed by atoms with Gasteiger partial charge < -0.3 is 19.5 Å². The van der Waals surface area contributed by atoms with Crippen LogP contribution < -0.4 is 5.32 Å². The predicted molar refractivity (Wildman–Crippen MR) is 79.4 cm³/mol. The minimum absolute atomic E-state index is 0.0951. The number of hydrogen-bond acceptors (Lipinski definition) is 5. The predicted octanol–water partition coefficient (Wildman–Crippen LogP) is 2.07. The Labute approximate surface area is 138 Å². The lowest BCUT2D eigenvalue weighted by molar-refractivity contribution is -0.211. The molecule has 2 atom stereocenters. The highest BCUT2D eigenvalue weighted by Crippen LogP contribution is 2.33. The molecule has 1 spiro atoms. The maximum Gasteiger partial charge on any atom is 0.404 e. The van der Waals surface area contributed by atoms with Crippen molar-refractivity contribution in [3.63, 3.8) is 0 Å². The molecule has 5 nitrogen and oxygen atoms in total. The van der Waals surface area contributed by atoms with Crippen molar-refractivity contribution in [2.45, 2.75) is 43.4 Å². The van der Waals surface area contributed by atoms with E-state index < -0.39 is 18.0 Å². The van der Waals surface area contributed by atoms with Gasteiger partial charge in [-0.25, -0.2) is 0 Å². The van der Waals surface area contributed by atoms with Crippen molar-refractivity contribution in [3.05, 3.63) is 30.1 Å². The van der Waals surface area contributed by atoms with Gasteiger partial charge in [0.15, 0.2) is 5.79 Å². The first-order valence-corrected chi connectivity index (χ1v) is 8.05. The maximum atomic E-state index is 13.3. The smallest absolute Gasteiger partial charge is 0.381 e. The molecule has 0 unspecified atom stereocenters. The van der Waals surface area contributed by atoms with Crippen LogP contribution in [0.1, 0.15) is 18.4 Å². The summed E-state index contributed by atoms with van der Waals surface area (Å²) in [5, 5.41) is 2.59. The number of alkyl halides is 3. The number of hydrogen-bond donors (Lipinski definition) is 1. The topological polar surface area (TPSA) is 52.6 Å². The third kappa shape index (κ3) is 4.44. The van der Waals surface area contributed by atoms with Crippen LogP contribution in [0.3, 0.4) is 0 Å². The quantitative estimate of drug-likeness (QED) is 0.885.